The van der Waals surface area contributed by atoms with Crippen LogP contribution in [-0.2, 0) is 28.9 Å². The number of amides is 1. The van der Waals surface area contributed by atoms with Crippen LogP contribution in [0.15, 0.2) is 24.5 Å². The first-order valence-corrected chi connectivity index (χ1v) is 15.8. The molecule has 268 valence electrons. The molecular weight excluding hydrogens is 704 g/mol. The van der Waals surface area contributed by atoms with Gasteiger partial charge in [0.05, 0.1) is 46.9 Å². The van der Waals surface area contributed by atoms with E-state index in [9.17, 15) is 19.4 Å². The summed E-state index contributed by atoms with van der Waals surface area (Å²) in [4.78, 5) is 21.9. The van der Waals surface area contributed by atoms with E-state index in [4.69, 9.17) is 38.2 Å². The molecule has 5 N–H and O–H groups in total. The van der Waals surface area contributed by atoms with Crippen LogP contribution >= 0.6 is 48.0 Å². The average Bonchev–Trinajstić information content (AvgIpc) is 2.97. The summed E-state index contributed by atoms with van der Waals surface area (Å²) >= 11 is 12.3. The molecule has 0 aliphatic carbocycles. The van der Waals surface area contributed by atoms with Crippen LogP contribution in [0.5, 0.6) is 0 Å². The van der Waals surface area contributed by atoms with E-state index in [1.165, 1.54) is 17.3 Å². The van der Waals surface area contributed by atoms with Crippen LogP contribution in [0.4, 0.5) is 13.6 Å². The van der Waals surface area contributed by atoms with Gasteiger partial charge in [-0.3, -0.25) is 9.97 Å². The third-order valence-corrected chi connectivity index (χ3v) is 8.19. The highest BCUT2D eigenvalue weighted by atomic mass is 35.5. The van der Waals surface area contributed by atoms with Gasteiger partial charge in [-0.2, -0.15) is 0 Å². The predicted octanol–water partition coefficient (Wildman–Crippen LogP) is 4.85. The number of aromatic nitrogens is 2. The molecule has 2 aromatic heterocycles. The minimum absolute atomic E-state index is 0. The van der Waals surface area contributed by atoms with Crippen molar-refractivity contribution < 1.29 is 38.7 Å². The number of halogens is 6. The number of aliphatic hydroxyl groups is 4. The molecule has 4 heterocycles. The quantitative estimate of drug-likeness (QED) is 0.256. The predicted molar refractivity (Wildman–Crippen MR) is 181 cm³/mol. The number of alkyl halides is 2. The first kappa shape index (κ1) is 43.4. The Kier molecular flexibility index (Phi) is 17.5. The summed E-state index contributed by atoms with van der Waals surface area (Å²) in [5.74, 6) is 0. The Morgan fingerprint density at radius 3 is 1.66 bits per heavy atom. The average molecular weight is 751 g/mol. The van der Waals surface area contributed by atoms with Crippen molar-refractivity contribution >= 4 is 54.1 Å². The van der Waals surface area contributed by atoms with Gasteiger partial charge in [-0.25, -0.2) is 13.6 Å². The van der Waals surface area contributed by atoms with Crippen molar-refractivity contribution in [3.05, 3.63) is 57.1 Å². The molecule has 0 radical (unpaired) electrons. The zero-order valence-electron chi connectivity index (χ0n) is 26.7. The summed E-state index contributed by atoms with van der Waals surface area (Å²) in [6, 6.07) is 3.18. The summed E-state index contributed by atoms with van der Waals surface area (Å²) in [6.45, 7) is 6.32. The van der Waals surface area contributed by atoms with Crippen molar-refractivity contribution in [1.29, 1.82) is 0 Å². The topological polar surface area (TPSA) is 148 Å². The molecule has 2 aromatic rings. The van der Waals surface area contributed by atoms with Gasteiger partial charge < -0.3 is 35.4 Å². The van der Waals surface area contributed by atoms with Gasteiger partial charge in [0.15, 0.2) is 11.3 Å². The second-order valence-electron chi connectivity index (χ2n) is 12.6. The molecular formula is C31H46Cl4F2N4O6. The first-order valence-electron chi connectivity index (χ1n) is 15.0. The number of aliphatic hydroxyl groups excluding tert-OH is 4. The Labute approximate surface area is 297 Å². The maximum absolute atomic E-state index is 15.4. The lowest BCUT2D eigenvalue weighted by Gasteiger charge is -2.37. The number of hydrogen-bond acceptors (Lipinski definition) is 9. The van der Waals surface area contributed by atoms with Crippen LogP contribution in [0.2, 0.25) is 10.0 Å². The number of carbonyl (C=O) groups is 1. The number of likely N-dealkylation sites (tertiary alicyclic amines) is 1. The zero-order chi connectivity index (χ0) is 33.4. The maximum atomic E-state index is 15.4. The molecule has 0 aromatic carbocycles. The normalized spacial score (nSPS) is 18.4. The summed E-state index contributed by atoms with van der Waals surface area (Å²) in [6.07, 6.45) is 2.10. The van der Waals surface area contributed by atoms with Crippen LogP contribution in [0, 0.1) is 0 Å². The number of carbonyl (C=O) groups excluding carboxylic acids is 1. The Balaban J connectivity index is 0.000000470. The summed E-state index contributed by atoms with van der Waals surface area (Å²) in [5.41, 5.74) is -2.06. The van der Waals surface area contributed by atoms with Gasteiger partial charge in [0.25, 0.3) is 0 Å². The molecule has 10 nitrogen and oxygen atoms in total. The number of piperidine rings is 2. The third-order valence-electron chi connectivity index (χ3n) is 7.61. The van der Waals surface area contributed by atoms with Crippen LogP contribution < -0.4 is 5.32 Å². The molecule has 4 rings (SSSR count). The highest BCUT2D eigenvalue weighted by Gasteiger charge is 2.41. The lowest BCUT2D eigenvalue weighted by molar-refractivity contribution is 0.00128. The molecule has 0 spiro atoms. The summed E-state index contributed by atoms with van der Waals surface area (Å²) in [5, 5.41) is 40.1. The summed E-state index contributed by atoms with van der Waals surface area (Å²) < 4.78 is 35.5. The number of nitrogens with zero attached hydrogens (tertiary/aromatic N) is 3. The van der Waals surface area contributed by atoms with Crippen molar-refractivity contribution in [3.63, 3.8) is 0 Å². The van der Waals surface area contributed by atoms with E-state index in [-0.39, 0.29) is 98.2 Å². The van der Waals surface area contributed by atoms with E-state index in [1.807, 2.05) is 0 Å². The smallest absolute Gasteiger partial charge is 0.410 e. The number of rotatable bonds is 8. The van der Waals surface area contributed by atoms with Crippen molar-refractivity contribution in [1.82, 2.24) is 20.2 Å². The number of ether oxygens (including phenoxy) is 1. The lowest BCUT2D eigenvalue weighted by atomic mass is 9.89. The second-order valence-corrected chi connectivity index (χ2v) is 13.4. The second kappa shape index (κ2) is 19.0. The van der Waals surface area contributed by atoms with E-state index in [0.29, 0.717) is 37.1 Å². The fourth-order valence-corrected chi connectivity index (χ4v) is 5.89. The van der Waals surface area contributed by atoms with E-state index in [1.54, 1.807) is 32.9 Å². The Morgan fingerprint density at radius 2 is 1.30 bits per heavy atom. The van der Waals surface area contributed by atoms with E-state index >= 15 is 4.39 Å². The number of nitrogens with one attached hydrogen (secondary N) is 1. The van der Waals surface area contributed by atoms with Gasteiger partial charge >= 0.3 is 6.09 Å². The van der Waals surface area contributed by atoms with Gasteiger partial charge in [-0.05, 0) is 70.0 Å². The SMILES string of the molecule is CC(C)(C)OC(=O)N1CCC(F)(c2ncc(C[C@@H](O)CO)cc2Cl)CC1.Cl.Cl.OC[C@H](O)Cc1cnc(C2(F)CCNCC2)c(Cl)c1. The van der Waals surface area contributed by atoms with Gasteiger partial charge in [-0.1, -0.05) is 23.2 Å². The number of pyridine rings is 2. The molecule has 1 amide bonds. The van der Waals surface area contributed by atoms with E-state index in [2.05, 4.69) is 15.3 Å². The number of hydrogen-bond donors (Lipinski definition) is 5. The molecule has 0 bridgehead atoms. The molecule has 2 atom stereocenters. The Hall–Kier alpha value is -1.61. The molecule has 2 fully saturated rings. The van der Waals surface area contributed by atoms with Crippen LogP contribution in [0.3, 0.4) is 0 Å². The minimum atomic E-state index is -1.72. The molecule has 2 aliphatic heterocycles. The highest BCUT2D eigenvalue weighted by molar-refractivity contribution is 6.31. The van der Waals surface area contributed by atoms with E-state index < -0.39 is 35.2 Å². The highest BCUT2D eigenvalue weighted by Crippen LogP contribution is 2.40. The van der Waals surface area contributed by atoms with Crippen LogP contribution in [-0.4, -0.2) is 98.6 Å². The maximum Gasteiger partial charge on any atom is 0.410 e. The standard InChI is InChI=1S/C18H26ClFN2O4.C13H18ClFN2O2.2ClH/c1-17(2,3)26-16(25)22-6-4-18(20,5-7-22)15-14(19)9-12(10-21-15)8-13(24)11-23;14-11-6-9(5-10(19)8-18)7-17-12(11)13(15)1-3-16-4-2-13;;/h9-10,13,23-24H,4-8,11H2,1-3H3;6-7,10,16,18-19H,1-5,8H2;2*1H/t13-;10-;;/m11../s1. The Morgan fingerprint density at radius 1 is 0.894 bits per heavy atom. The Bertz CT molecular complexity index is 1280. The molecule has 47 heavy (non-hydrogen) atoms. The minimum Gasteiger partial charge on any atom is -0.444 e. The fraction of sp³-hybridized carbons (Fsp3) is 0.645. The molecule has 16 heteroatoms. The summed E-state index contributed by atoms with van der Waals surface area (Å²) in [7, 11) is 0. The monoisotopic (exact) mass is 748 g/mol. The lowest BCUT2D eigenvalue weighted by Crippen LogP contribution is -2.45. The molecule has 2 aliphatic rings. The van der Waals surface area contributed by atoms with Crippen molar-refractivity contribution in [2.75, 3.05) is 39.4 Å². The first-order chi connectivity index (χ1) is 21.1. The molecule has 0 unspecified atom stereocenters. The van der Waals surface area contributed by atoms with Gasteiger partial charge in [0.2, 0.25) is 0 Å². The van der Waals surface area contributed by atoms with Gasteiger partial charge in [0, 0.05) is 51.2 Å². The van der Waals surface area contributed by atoms with Crippen LogP contribution in [0.1, 0.15) is 69.0 Å². The van der Waals surface area contributed by atoms with Gasteiger partial charge in [0.1, 0.15) is 5.60 Å². The molecule has 2 saturated heterocycles. The van der Waals surface area contributed by atoms with Crippen molar-refractivity contribution in [2.24, 2.45) is 0 Å². The fourth-order valence-electron chi connectivity index (χ4n) is 5.18. The molecule has 0 saturated carbocycles. The van der Waals surface area contributed by atoms with Crippen LogP contribution in [0.25, 0.3) is 0 Å². The van der Waals surface area contributed by atoms with E-state index in [0.717, 1.165) is 0 Å². The largest absolute Gasteiger partial charge is 0.444 e. The van der Waals surface area contributed by atoms with Gasteiger partial charge in [-0.15, -0.1) is 24.8 Å². The zero-order valence-corrected chi connectivity index (χ0v) is 29.9. The third kappa shape index (κ3) is 12.7. The van der Waals surface area contributed by atoms with Crippen molar-refractivity contribution in [2.45, 2.75) is 88.4 Å². The van der Waals surface area contributed by atoms with Crippen molar-refractivity contribution in [3.8, 4) is 0 Å².